The summed E-state index contributed by atoms with van der Waals surface area (Å²) in [4.78, 5) is 23.3. The zero-order valence-corrected chi connectivity index (χ0v) is 15.1. The van der Waals surface area contributed by atoms with Gasteiger partial charge in [0.25, 0.3) is 0 Å². The van der Waals surface area contributed by atoms with Gasteiger partial charge < -0.3 is 14.8 Å². The number of benzene rings is 2. The van der Waals surface area contributed by atoms with Crippen molar-refractivity contribution in [1.82, 2.24) is 0 Å². The maximum atomic E-state index is 11.9. The predicted molar refractivity (Wildman–Crippen MR) is 100 cm³/mol. The Morgan fingerprint density at radius 3 is 2.48 bits per heavy atom. The van der Waals surface area contributed by atoms with Crippen LogP contribution >= 0.6 is 11.8 Å². The van der Waals surface area contributed by atoms with Gasteiger partial charge in [-0.25, -0.2) is 4.79 Å². The van der Waals surface area contributed by atoms with E-state index in [1.165, 1.54) is 18.9 Å². The molecule has 0 saturated carbocycles. The van der Waals surface area contributed by atoms with E-state index >= 15 is 0 Å². The van der Waals surface area contributed by atoms with Gasteiger partial charge in [-0.3, -0.25) is 4.79 Å². The zero-order valence-electron chi connectivity index (χ0n) is 14.3. The highest BCUT2D eigenvalue weighted by molar-refractivity contribution is 7.99. The largest absolute Gasteiger partial charge is 0.492 e. The number of hydrogen-bond acceptors (Lipinski definition) is 5. The molecule has 1 amide bonds. The molecule has 2 rings (SSSR count). The SMILES string of the molecule is COC(=O)c1ccc(NC(=O)CSCCOc2ccccc2C)cc1. The first-order valence-corrected chi connectivity index (χ1v) is 9.00. The first kappa shape index (κ1) is 18.9. The molecule has 0 aliphatic carbocycles. The number of thioether (sulfide) groups is 1. The van der Waals surface area contributed by atoms with Gasteiger partial charge in [-0.1, -0.05) is 18.2 Å². The molecular formula is C19H21NO4S. The lowest BCUT2D eigenvalue weighted by Crippen LogP contribution is -2.15. The quantitative estimate of drug-likeness (QED) is 0.577. The number of hydrogen-bond donors (Lipinski definition) is 1. The summed E-state index contributed by atoms with van der Waals surface area (Å²) in [5.41, 5.74) is 2.19. The lowest BCUT2D eigenvalue weighted by molar-refractivity contribution is -0.113. The number of methoxy groups -OCH3 is 1. The number of carbonyl (C=O) groups is 2. The molecule has 0 bridgehead atoms. The highest BCUT2D eigenvalue weighted by Crippen LogP contribution is 2.16. The van der Waals surface area contributed by atoms with Crippen molar-refractivity contribution < 1.29 is 19.1 Å². The summed E-state index contributed by atoms with van der Waals surface area (Å²) < 4.78 is 10.3. The maximum absolute atomic E-state index is 11.9. The first-order valence-electron chi connectivity index (χ1n) is 7.84. The summed E-state index contributed by atoms with van der Waals surface area (Å²) in [5.74, 6) is 1.45. The van der Waals surface area contributed by atoms with Gasteiger partial charge in [-0.2, -0.15) is 0 Å². The Morgan fingerprint density at radius 1 is 1.08 bits per heavy atom. The lowest BCUT2D eigenvalue weighted by Gasteiger charge is -2.09. The molecule has 0 aliphatic heterocycles. The molecular weight excluding hydrogens is 338 g/mol. The van der Waals surface area contributed by atoms with Crippen molar-refractivity contribution in [2.45, 2.75) is 6.92 Å². The van der Waals surface area contributed by atoms with E-state index in [0.29, 0.717) is 23.6 Å². The Bertz CT molecular complexity index is 716. The third kappa shape index (κ3) is 6.15. The molecule has 0 radical (unpaired) electrons. The van der Waals surface area contributed by atoms with E-state index < -0.39 is 5.97 Å². The Balaban J connectivity index is 1.67. The molecule has 0 spiro atoms. The summed E-state index contributed by atoms with van der Waals surface area (Å²) >= 11 is 1.51. The number of amides is 1. The van der Waals surface area contributed by atoms with Gasteiger partial charge >= 0.3 is 5.97 Å². The van der Waals surface area contributed by atoms with Crippen LogP contribution in [0, 0.1) is 6.92 Å². The lowest BCUT2D eigenvalue weighted by atomic mass is 10.2. The van der Waals surface area contributed by atoms with Gasteiger partial charge in [0, 0.05) is 11.4 Å². The maximum Gasteiger partial charge on any atom is 0.337 e. The fourth-order valence-electron chi connectivity index (χ4n) is 2.10. The van der Waals surface area contributed by atoms with Gasteiger partial charge in [0.1, 0.15) is 5.75 Å². The van der Waals surface area contributed by atoms with E-state index in [1.807, 2.05) is 31.2 Å². The second-order valence-electron chi connectivity index (χ2n) is 5.28. The molecule has 0 atom stereocenters. The second-order valence-corrected chi connectivity index (χ2v) is 6.39. The zero-order chi connectivity index (χ0) is 18.1. The topological polar surface area (TPSA) is 64.6 Å². The van der Waals surface area contributed by atoms with Crippen molar-refractivity contribution in [1.29, 1.82) is 0 Å². The Morgan fingerprint density at radius 2 is 1.80 bits per heavy atom. The molecule has 0 heterocycles. The number of aryl methyl sites for hydroxylation is 1. The van der Waals surface area contributed by atoms with Gasteiger partial charge in [-0.15, -0.1) is 11.8 Å². The highest BCUT2D eigenvalue weighted by atomic mass is 32.2. The fraction of sp³-hybridized carbons (Fsp3) is 0.263. The third-order valence-corrected chi connectivity index (χ3v) is 4.32. The number of ether oxygens (including phenoxy) is 2. The van der Waals surface area contributed by atoms with E-state index in [0.717, 1.165) is 17.1 Å². The third-order valence-electron chi connectivity index (χ3n) is 3.40. The molecule has 2 aromatic carbocycles. The normalized spacial score (nSPS) is 10.2. The predicted octanol–water partition coefficient (Wildman–Crippen LogP) is 3.53. The van der Waals surface area contributed by atoms with E-state index in [2.05, 4.69) is 10.1 Å². The average Bonchev–Trinajstić information content (AvgIpc) is 2.63. The Labute approximate surface area is 151 Å². The van der Waals surface area contributed by atoms with E-state index in [1.54, 1.807) is 24.3 Å². The molecule has 0 fully saturated rings. The molecule has 132 valence electrons. The molecule has 1 N–H and O–H groups in total. The van der Waals surface area contributed by atoms with Crippen LogP contribution < -0.4 is 10.1 Å². The van der Waals surface area contributed by atoms with Crippen LogP contribution in [-0.4, -0.2) is 37.1 Å². The number of carbonyl (C=O) groups excluding carboxylic acids is 2. The summed E-state index contributed by atoms with van der Waals surface area (Å²) in [5, 5.41) is 2.79. The summed E-state index contributed by atoms with van der Waals surface area (Å²) in [6, 6.07) is 14.4. The van der Waals surface area contributed by atoms with Crippen LogP contribution in [0.5, 0.6) is 5.75 Å². The smallest absolute Gasteiger partial charge is 0.337 e. The van der Waals surface area contributed by atoms with Crippen molar-refractivity contribution in [3.8, 4) is 5.75 Å². The van der Waals surface area contributed by atoms with Gasteiger partial charge in [0.05, 0.1) is 25.0 Å². The minimum Gasteiger partial charge on any atom is -0.492 e. The van der Waals surface area contributed by atoms with E-state index in [4.69, 9.17) is 4.74 Å². The van der Waals surface area contributed by atoms with Crippen LogP contribution in [-0.2, 0) is 9.53 Å². The first-order chi connectivity index (χ1) is 12.1. The molecule has 0 unspecified atom stereocenters. The Kier molecular flexibility index (Phi) is 7.35. The average molecular weight is 359 g/mol. The van der Waals surface area contributed by atoms with Gasteiger partial charge in [0.15, 0.2) is 0 Å². The number of esters is 1. The molecule has 25 heavy (non-hydrogen) atoms. The minimum absolute atomic E-state index is 0.0910. The fourth-order valence-corrected chi connectivity index (χ4v) is 2.70. The van der Waals surface area contributed by atoms with Crippen molar-refractivity contribution >= 4 is 29.3 Å². The van der Waals surface area contributed by atoms with Crippen LogP contribution in [0.3, 0.4) is 0 Å². The Hall–Kier alpha value is -2.47. The van der Waals surface area contributed by atoms with Gasteiger partial charge in [0.2, 0.25) is 5.91 Å². The summed E-state index contributed by atoms with van der Waals surface area (Å²) in [6.45, 7) is 2.55. The molecule has 6 heteroatoms. The van der Waals surface area contributed by atoms with Crippen LogP contribution in [0.4, 0.5) is 5.69 Å². The van der Waals surface area contributed by atoms with Crippen molar-refractivity contribution in [3.63, 3.8) is 0 Å². The standard InChI is InChI=1S/C19H21NO4S/c1-14-5-3-4-6-17(14)24-11-12-25-13-18(21)20-16-9-7-15(8-10-16)19(22)23-2/h3-10H,11-13H2,1-2H3,(H,20,21). The molecule has 2 aromatic rings. The van der Waals surface area contributed by atoms with Crippen LogP contribution in [0.1, 0.15) is 15.9 Å². The highest BCUT2D eigenvalue weighted by Gasteiger charge is 2.06. The summed E-state index contributed by atoms with van der Waals surface area (Å²) in [7, 11) is 1.33. The van der Waals surface area contributed by atoms with Crippen LogP contribution in [0.2, 0.25) is 0 Å². The minimum atomic E-state index is -0.401. The number of para-hydroxylation sites is 1. The van der Waals surface area contributed by atoms with E-state index in [-0.39, 0.29) is 5.91 Å². The molecule has 5 nitrogen and oxygen atoms in total. The van der Waals surface area contributed by atoms with E-state index in [9.17, 15) is 9.59 Å². The van der Waals surface area contributed by atoms with Crippen molar-refractivity contribution in [2.75, 3.05) is 30.5 Å². The monoisotopic (exact) mass is 359 g/mol. The van der Waals surface area contributed by atoms with Gasteiger partial charge in [-0.05, 0) is 42.8 Å². The number of nitrogens with one attached hydrogen (secondary N) is 1. The number of anilines is 1. The van der Waals surface area contributed by atoms with Crippen molar-refractivity contribution in [3.05, 3.63) is 59.7 Å². The summed E-state index contributed by atoms with van der Waals surface area (Å²) in [6.07, 6.45) is 0. The van der Waals surface area contributed by atoms with Crippen LogP contribution in [0.25, 0.3) is 0 Å². The number of rotatable bonds is 8. The second kappa shape index (κ2) is 9.74. The molecule has 0 aliphatic rings. The van der Waals surface area contributed by atoms with Crippen molar-refractivity contribution in [2.24, 2.45) is 0 Å². The molecule has 0 aromatic heterocycles. The molecule has 0 saturated heterocycles. The van der Waals surface area contributed by atoms with Crippen LogP contribution in [0.15, 0.2) is 48.5 Å².